The van der Waals surface area contributed by atoms with Gasteiger partial charge < -0.3 is 15.5 Å². The van der Waals surface area contributed by atoms with E-state index in [9.17, 15) is 4.79 Å². The SMILES string of the molecule is Cc1ccccc1N1CCN(C(=O)C2(N)CC2)CC1. The van der Waals surface area contributed by atoms with Crippen molar-refractivity contribution in [2.24, 2.45) is 5.73 Å². The van der Waals surface area contributed by atoms with Crippen LogP contribution in [0.5, 0.6) is 0 Å². The van der Waals surface area contributed by atoms with E-state index in [1.165, 1.54) is 11.3 Å². The number of para-hydroxylation sites is 1. The Labute approximate surface area is 114 Å². The zero-order valence-electron chi connectivity index (χ0n) is 11.4. The Morgan fingerprint density at radius 3 is 2.37 bits per heavy atom. The quantitative estimate of drug-likeness (QED) is 0.866. The number of carbonyl (C=O) groups is 1. The van der Waals surface area contributed by atoms with Gasteiger partial charge in [0.15, 0.2) is 0 Å². The third kappa shape index (κ3) is 2.32. The summed E-state index contributed by atoms with van der Waals surface area (Å²) in [6, 6.07) is 8.41. The van der Waals surface area contributed by atoms with E-state index in [4.69, 9.17) is 5.73 Å². The summed E-state index contributed by atoms with van der Waals surface area (Å²) in [5.74, 6) is 0.150. The van der Waals surface area contributed by atoms with Gasteiger partial charge in [0.05, 0.1) is 5.54 Å². The molecular weight excluding hydrogens is 238 g/mol. The lowest BCUT2D eigenvalue weighted by Gasteiger charge is -2.37. The number of amides is 1. The average Bonchev–Trinajstić information content (AvgIpc) is 3.18. The summed E-state index contributed by atoms with van der Waals surface area (Å²) in [4.78, 5) is 16.5. The summed E-state index contributed by atoms with van der Waals surface area (Å²) in [5.41, 5.74) is 8.04. The fourth-order valence-corrected chi connectivity index (χ4v) is 2.73. The minimum atomic E-state index is -0.523. The van der Waals surface area contributed by atoms with Gasteiger partial charge >= 0.3 is 0 Å². The van der Waals surface area contributed by atoms with Crippen LogP contribution in [0.3, 0.4) is 0 Å². The van der Waals surface area contributed by atoms with Gasteiger partial charge in [0.25, 0.3) is 0 Å². The van der Waals surface area contributed by atoms with Gasteiger partial charge in [-0.2, -0.15) is 0 Å². The van der Waals surface area contributed by atoms with E-state index < -0.39 is 5.54 Å². The van der Waals surface area contributed by atoms with Gasteiger partial charge in [-0.15, -0.1) is 0 Å². The van der Waals surface area contributed by atoms with Crippen LogP contribution in [-0.4, -0.2) is 42.5 Å². The summed E-state index contributed by atoms with van der Waals surface area (Å²) < 4.78 is 0. The standard InChI is InChI=1S/C15H21N3O/c1-12-4-2-3-5-13(12)17-8-10-18(11-9-17)14(19)15(16)6-7-15/h2-5H,6-11,16H2,1H3. The predicted molar refractivity (Wildman–Crippen MR) is 76.1 cm³/mol. The first kappa shape index (κ1) is 12.5. The molecule has 0 bridgehead atoms. The van der Waals surface area contributed by atoms with Gasteiger partial charge in [-0.05, 0) is 31.4 Å². The highest BCUT2D eigenvalue weighted by Gasteiger charge is 2.48. The monoisotopic (exact) mass is 259 g/mol. The van der Waals surface area contributed by atoms with E-state index >= 15 is 0 Å². The maximum atomic E-state index is 12.2. The van der Waals surface area contributed by atoms with Crippen molar-refractivity contribution in [1.29, 1.82) is 0 Å². The normalized spacial score (nSPS) is 21.4. The van der Waals surface area contributed by atoms with Gasteiger partial charge in [0.2, 0.25) is 5.91 Å². The van der Waals surface area contributed by atoms with Crippen molar-refractivity contribution in [2.45, 2.75) is 25.3 Å². The third-order valence-electron chi connectivity index (χ3n) is 4.24. The van der Waals surface area contributed by atoms with Crippen molar-refractivity contribution in [1.82, 2.24) is 4.90 Å². The summed E-state index contributed by atoms with van der Waals surface area (Å²) in [6.07, 6.45) is 1.70. The predicted octanol–water partition coefficient (Wildman–Crippen LogP) is 1.13. The Hall–Kier alpha value is -1.55. The third-order valence-corrected chi connectivity index (χ3v) is 4.24. The number of rotatable bonds is 2. The number of carbonyl (C=O) groups excluding carboxylic acids is 1. The lowest BCUT2D eigenvalue weighted by atomic mass is 10.1. The maximum absolute atomic E-state index is 12.2. The van der Waals surface area contributed by atoms with Crippen molar-refractivity contribution in [3.63, 3.8) is 0 Å². The van der Waals surface area contributed by atoms with Crippen LogP contribution >= 0.6 is 0 Å². The van der Waals surface area contributed by atoms with Crippen LogP contribution in [0.2, 0.25) is 0 Å². The van der Waals surface area contributed by atoms with E-state index in [1.807, 2.05) is 4.90 Å². The molecule has 0 atom stereocenters. The molecule has 2 N–H and O–H groups in total. The minimum Gasteiger partial charge on any atom is -0.368 e. The molecule has 3 rings (SSSR count). The van der Waals surface area contributed by atoms with E-state index in [-0.39, 0.29) is 5.91 Å². The first-order valence-electron chi connectivity index (χ1n) is 6.99. The number of benzene rings is 1. The number of anilines is 1. The Kier molecular flexibility index (Phi) is 2.97. The zero-order valence-corrected chi connectivity index (χ0v) is 11.4. The van der Waals surface area contributed by atoms with Crippen molar-refractivity contribution >= 4 is 11.6 Å². The number of piperazine rings is 1. The van der Waals surface area contributed by atoms with Crippen LogP contribution in [0.15, 0.2) is 24.3 Å². The summed E-state index contributed by atoms with van der Waals surface area (Å²) >= 11 is 0. The van der Waals surface area contributed by atoms with Gasteiger partial charge in [-0.3, -0.25) is 4.79 Å². The molecule has 1 aromatic rings. The van der Waals surface area contributed by atoms with Crippen molar-refractivity contribution < 1.29 is 4.79 Å². The van der Waals surface area contributed by atoms with Crippen LogP contribution in [0, 0.1) is 6.92 Å². The lowest BCUT2D eigenvalue weighted by Crippen LogP contribution is -2.54. The van der Waals surface area contributed by atoms with Crippen molar-refractivity contribution in [3.8, 4) is 0 Å². The van der Waals surface area contributed by atoms with Gasteiger partial charge in [0, 0.05) is 31.9 Å². The smallest absolute Gasteiger partial charge is 0.242 e. The molecule has 2 fully saturated rings. The topological polar surface area (TPSA) is 49.6 Å². The molecule has 1 amide bonds. The summed E-state index contributed by atoms with van der Waals surface area (Å²) in [7, 11) is 0. The summed E-state index contributed by atoms with van der Waals surface area (Å²) in [6.45, 7) is 5.49. The van der Waals surface area contributed by atoms with Gasteiger partial charge in [-0.1, -0.05) is 18.2 Å². The van der Waals surface area contributed by atoms with Crippen LogP contribution in [0.1, 0.15) is 18.4 Å². The lowest BCUT2D eigenvalue weighted by molar-refractivity contribution is -0.133. The molecule has 2 aliphatic rings. The number of hydrogen-bond donors (Lipinski definition) is 1. The molecule has 102 valence electrons. The number of aryl methyl sites for hydroxylation is 1. The number of nitrogens with zero attached hydrogens (tertiary/aromatic N) is 2. The fourth-order valence-electron chi connectivity index (χ4n) is 2.73. The van der Waals surface area contributed by atoms with Crippen LogP contribution in [0.25, 0.3) is 0 Å². The second-order valence-corrected chi connectivity index (χ2v) is 5.72. The first-order valence-corrected chi connectivity index (χ1v) is 6.99. The molecule has 4 heteroatoms. The van der Waals surface area contributed by atoms with E-state index in [0.717, 1.165) is 39.0 Å². The Morgan fingerprint density at radius 2 is 1.79 bits per heavy atom. The molecule has 1 saturated carbocycles. The minimum absolute atomic E-state index is 0.150. The number of hydrogen-bond acceptors (Lipinski definition) is 3. The molecular formula is C15H21N3O. The summed E-state index contributed by atoms with van der Waals surface area (Å²) in [5, 5.41) is 0. The van der Waals surface area contributed by atoms with Crippen molar-refractivity contribution in [3.05, 3.63) is 29.8 Å². The van der Waals surface area contributed by atoms with E-state index in [2.05, 4.69) is 36.1 Å². The Balaban J connectivity index is 1.64. The highest BCUT2D eigenvalue weighted by Crippen LogP contribution is 2.34. The van der Waals surface area contributed by atoms with Crippen LogP contribution in [-0.2, 0) is 4.79 Å². The van der Waals surface area contributed by atoms with Crippen LogP contribution < -0.4 is 10.6 Å². The molecule has 4 nitrogen and oxygen atoms in total. The second-order valence-electron chi connectivity index (χ2n) is 5.72. The van der Waals surface area contributed by atoms with Crippen molar-refractivity contribution in [2.75, 3.05) is 31.1 Å². The van der Waals surface area contributed by atoms with E-state index in [0.29, 0.717) is 0 Å². The zero-order chi connectivity index (χ0) is 13.5. The van der Waals surface area contributed by atoms with Gasteiger partial charge in [-0.25, -0.2) is 0 Å². The number of nitrogens with two attached hydrogens (primary N) is 1. The molecule has 1 aliphatic heterocycles. The average molecular weight is 259 g/mol. The maximum Gasteiger partial charge on any atom is 0.242 e. The first-order chi connectivity index (χ1) is 9.10. The largest absolute Gasteiger partial charge is 0.368 e. The Morgan fingerprint density at radius 1 is 1.16 bits per heavy atom. The van der Waals surface area contributed by atoms with E-state index in [1.54, 1.807) is 0 Å². The Bertz CT molecular complexity index is 488. The molecule has 0 radical (unpaired) electrons. The fraction of sp³-hybridized carbons (Fsp3) is 0.533. The highest BCUT2D eigenvalue weighted by atomic mass is 16.2. The molecule has 1 aliphatic carbocycles. The molecule has 1 saturated heterocycles. The molecule has 1 aromatic carbocycles. The molecule has 1 heterocycles. The molecule has 0 spiro atoms. The molecule has 0 unspecified atom stereocenters. The van der Waals surface area contributed by atoms with Crippen LogP contribution in [0.4, 0.5) is 5.69 Å². The molecule has 0 aromatic heterocycles. The second kappa shape index (κ2) is 4.53. The highest BCUT2D eigenvalue weighted by molar-refractivity contribution is 5.89. The van der Waals surface area contributed by atoms with Gasteiger partial charge in [0.1, 0.15) is 0 Å². The molecule has 19 heavy (non-hydrogen) atoms.